The van der Waals surface area contributed by atoms with Crippen LogP contribution >= 0.6 is 34.5 Å². The first kappa shape index (κ1) is 22.8. The first-order valence-corrected chi connectivity index (χ1v) is 12.1. The van der Waals surface area contributed by atoms with Crippen LogP contribution in [0, 0.1) is 13.8 Å². The van der Waals surface area contributed by atoms with Crippen molar-refractivity contribution in [2.24, 2.45) is 0 Å². The third-order valence-electron chi connectivity index (χ3n) is 4.10. The molecule has 0 radical (unpaired) electrons. The number of nitrogen functional groups attached to an aromatic ring is 1. The Morgan fingerprint density at radius 1 is 1.03 bits per heavy atom. The molecule has 0 unspecified atom stereocenters. The van der Waals surface area contributed by atoms with Crippen LogP contribution in [0.25, 0.3) is 11.3 Å². The molecule has 11 heteroatoms. The SMILES string of the molecule is Cc1cc(C)cc(-c2cc(NCCCNS(=O)(=O)c3cc(Cl)c(Cl)s3)nc(N)n2)c1. The largest absolute Gasteiger partial charge is 0.370 e. The van der Waals surface area contributed by atoms with Crippen molar-refractivity contribution in [2.45, 2.75) is 24.5 Å². The van der Waals surface area contributed by atoms with Crippen LogP contribution < -0.4 is 15.8 Å². The number of thiophene rings is 1. The van der Waals surface area contributed by atoms with E-state index in [-0.39, 0.29) is 26.1 Å². The summed E-state index contributed by atoms with van der Waals surface area (Å²) in [5.74, 6) is 0.748. The van der Waals surface area contributed by atoms with Gasteiger partial charge in [-0.25, -0.2) is 18.1 Å². The number of benzene rings is 1. The van der Waals surface area contributed by atoms with Crippen molar-refractivity contribution in [1.29, 1.82) is 0 Å². The Morgan fingerprint density at radius 3 is 2.37 bits per heavy atom. The van der Waals surface area contributed by atoms with Gasteiger partial charge in [0.15, 0.2) is 0 Å². The standard InChI is InChI=1S/C19H21Cl2N5O2S2/c1-11-6-12(2)8-13(7-11)15-10-16(26-19(22)25-15)23-4-3-5-24-30(27,28)17-9-14(20)18(21)29-17/h6-10,24H,3-5H2,1-2H3,(H3,22,23,25,26). The highest BCUT2D eigenvalue weighted by atomic mass is 35.5. The van der Waals surface area contributed by atoms with Crippen molar-refractivity contribution < 1.29 is 8.42 Å². The van der Waals surface area contributed by atoms with Gasteiger partial charge in [-0.2, -0.15) is 4.98 Å². The minimum atomic E-state index is -3.64. The number of hydrogen-bond acceptors (Lipinski definition) is 7. The zero-order valence-corrected chi connectivity index (χ0v) is 19.5. The third kappa shape index (κ3) is 5.83. The molecule has 0 aliphatic heterocycles. The Labute approximate surface area is 189 Å². The van der Waals surface area contributed by atoms with Gasteiger partial charge in [-0.1, -0.05) is 40.4 Å². The van der Waals surface area contributed by atoms with E-state index in [1.807, 2.05) is 32.0 Å². The lowest BCUT2D eigenvalue weighted by atomic mass is 10.0. The second kappa shape index (κ2) is 9.49. The fraction of sp³-hybridized carbons (Fsp3) is 0.263. The molecule has 2 heterocycles. The highest BCUT2D eigenvalue weighted by molar-refractivity contribution is 7.91. The smallest absolute Gasteiger partial charge is 0.250 e. The van der Waals surface area contributed by atoms with E-state index < -0.39 is 10.0 Å². The van der Waals surface area contributed by atoms with E-state index >= 15 is 0 Å². The Balaban J connectivity index is 1.58. The first-order chi connectivity index (χ1) is 14.1. The molecule has 0 fully saturated rings. The van der Waals surface area contributed by atoms with Gasteiger partial charge in [0.2, 0.25) is 16.0 Å². The summed E-state index contributed by atoms with van der Waals surface area (Å²) in [5.41, 5.74) is 9.83. The van der Waals surface area contributed by atoms with E-state index in [0.717, 1.165) is 33.7 Å². The van der Waals surface area contributed by atoms with Gasteiger partial charge in [0.25, 0.3) is 0 Å². The molecule has 3 rings (SSSR count). The summed E-state index contributed by atoms with van der Waals surface area (Å²) in [6, 6.07) is 9.33. The fourth-order valence-corrected chi connectivity index (χ4v) is 5.87. The molecule has 0 bridgehead atoms. The minimum Gasteiger partial charge on any atom is -0.370 e. The van der Waals surface area contributed by atoms with Gasteiger partial charge in [0, 0.05) is 24.7 Å². The van der Waals surface area contributed by atoms with E-state index in [4.69, 9.17) is 28.9 Å². The molecular formula is C19H21Cl2N5O2S2. The number of halogens is 2. The summed E-state index contributed by atoms with van der Waals surface area (Å²) < 4.78 is 27.4. The fourth-order valence-electron chi connectivity index (χ4n) is 2.87. The molecule has 0 aliphatic carbocycles. The number of aryl methyl sites for hydroxylation is 2. The summed E-state index contributed by atoms with van der Waals surface area (Å²) in [7, 11) is -3.64. The highest BCUT2D eigenvalue weighted by Crippen LogP contribution is 2.34. The zero-order valence-electron chi connectivity index (χ0n) is 16.4. The van der Waals surface area contributed by atoms with Crippen molar-refractivity contribution in [1.82, 2.24) is 14.7 Å². The third-order valence-corrected chi connectivity index (χ3v) is 7.90. The van der Waals surface area contributed by atoms with Gasteiger partial charge in [0.1, 0.15) is 14.4 Å². The number of nitrogens with two attached hydrogens (primary N) is 1. The Kier molecular flexibility index (Phi) is 7.20. The predicted molar refractivity (Wildman–Crippen MR) is 124 cm³/mol. The molecular weight excluding hydrogens is 465 g/mol. The van der Waals surface area contributed by atoms with E-state index in [1.165, 1.54) is 6.07 Å². The second-order valence-electron chi connectivity index (χ2n) is 6.74. The van der Waals surface area contributed by atoms with Crippen molar-refractivity contribution in [3.8, 4) is 11.3 Å². The molecule has 0 aliphatic rings. The zero-order chi connectivity index (χ0) is 21.9. The van der Waals surface area contributed by atoms with Gasteiger partial charge in [-0.3, -0.25) is 0 Å². The lowest BCUT2D eigenvalue weighted by Gasteiger charge is -2.10. The lowest BCUT2D eigenvalue weighted by Crippen LogP contribution is -2.25. The van der Waals surface area contributed by atoms with Crippen molar-refractivity contribution in [3.63, 3.8) is 0 Å². The van der Waals surface area contributed by atoms with E-state index in [9.17, 15) is 8.42 Å². The summed E-state index contributed by atoms with van der Waals surface area (Å²) in [6.07, 6.45) is 0.537. The molecule has 0 saturated carbocycles. The number of hydrogen-bond donors (Lipinski definition) is 3. The molecule has 0 atom stereocenters. The molecule has 3 aromatic rings. The number of anilines is 2. The maximum Gasteiger partial charge on any atom is 0.250 e. The van der Waals surface area contributed by atoms with Crippen LogP contribution in [0.15, 0.2) is 34.5 Å². The molecule has 30 heavy (non-hydrogen) atoms. The molecule has 4 N–H and O–H groups in total. The maximum atomic E-state index is 12.3. The molecule has 160 valence electrons. The van der Waals surface area contributed by atoms with E-state index in [0.29, 0.717) is 18.8 Å². The van der Waals surface area contributed by atoms with E-state index in [1.54, 1.807) is 0 Å². The van der Waals surface area contributed by atoms with Gasteiger partial charge in [0.05, 0.1) is 10.7 Å². The average Bonchev–Trinajstić information content (AvgIpc) is 3.00. The number of rotatable bonds is 8. The molecule has 0 saturated heterocycles. The number of nitrogens with zero attached hydrogens (tertiary/aromatic N) is 2. The Hall–Kier alpha value is -1.91. The van der Waals surface area contributed by atoms with Gasteiger partial charge in [-0.15, -0.1) is 11.3 Å². The van der Waals surface area contributed by atoms with Crippen LogP contribution in [-0.2, 0) is 10.0 Å². The molecule has 1 aromatic carbocycles. The van der Waals surface area contributed by atoms with Gasteiger partial charge >= 0.3 is 0 Å². The van der Waals surface area contributed by atoms with Crippen LogP contribution in [0.2, 0.25) is 9.36 Å². The highest BCUT2D eigenvalue weighted by Gasteiger charge is 2.18. The van der Waals surface area contributed by atoms with Gasteiger partial charge < -0.3 is 11.1 Å². The summed E-state index contributed by atoms with van der Waals surface area (Å²) in [5, 5.41) is 3.39. The van der Waals surface area contributed by atoms with Crippen LogP contribution in [0.4, 0.5) is 11.8 Å². The Bertz CT molecular complexity index is 1130. The Morgan fingerprint density at radius 2 is 1.73 bits per heavy atom. The van der Waals surface area contributed by atoms with Crippen LogP contribution in [-0.4, -0.2) is 31.5 Å². The van der Waals surface area contributed by atoms with Crippen molar-refractivity contribution >= 4 is 56.3 Å². The minimum absolute atomic E-state index is 0.0899. The monoisotopic (exact) mass is 485 g/mol. The number of nitrogens with one attached hydrogen (secondary N) is 2. The second-order valence-corrected chi connectivity index (χ2v) is 10.8. The summed E-state index contributed by atoms with van der Waals surface area (Å²) in [4.78, 5) is 8.52. The van der Waals surface area contributed by atoms with Crippen molar-refractivity contribution in [3.05, 3.63) is 50.8 Å². The lowest BCUT2D eigenvalue weighted by molar-refractivity contribution is 0.582. The maximum absolute atomic E-state index is 12.3. The van der Waals surface area contributed by atoms with Crippen LogP contribution in [0.1, 0.15) is 17.5 Å². The van der Waals surface area contributed by atoms with Crippen LogP contribution in [0.5, 0.6) is 0 Å². The number of sulfonamides is 1. The molecule has 7 nitrogen and oxygen atoms in total. The predicted octanol–water partition coefficient (Wildman–Crippen LogP) is 4.49. The van der Waals surface area contributed by atoms with E-state index in [2.05, 4.69) is 26.1 Å². The summed E-state index contributed by atoms with van der Waals surface area (Å²) >= 11 is 12.6. The van der Waals surface area contributed by atoms with Crippen molar-refractivity contribution in [2.75, 3.05) is 24.1 Å². The first-order valence-electron chi connectivity index (χ1n) is 9.05. The average molecular weight is 486 g/mol. The summed E-state index contributed by atoms with van der Waals surface area (Å²) in [6.45, 7) is 4.79. The number of aromatic nitrogens is 2. The molecule has 2 aromatic heterocycles. The quantitative estimate of drug-likeness (QED) is 0.405. The topological polar surface area (TPSA) is 110 Å². The van der Waals surface area contributed by atoms with Gasteiger partial charge in [-0.05, 0) is 38.5 Å². The normalized spacial score (nSPS) is 11.6. The molecule has 0 amide bonds. The molecule has 0 spiro atoms. The van der Waals surface area contributed by atoms with Crippen LogP contribution in [0.3, 0.4) is 0 Å².